The van der Waals surface area contributed by atoms with E-state index in [2.05, 4.69) is 4.98 Å². The van der Waals surface area contributed by atoms with Crippen LogP contribution in [0.5, 0.6) is 0 Å². The molecule has 2 aliphatic heterocycles. The van der Waals surface area contributed by atoms with Gasteiger partial charge >= 0.3 is 5.97 Å². The first-order valence-corrected chi connectivity index (χ1v) is 9.64. The second kappa shape index (κ2) is 6.62. The van der Waals surface area contributed by atoms with Crippen molar-refractivity contribution in [2.75, 3.05) is 19.6 Å². The summed E-state index contributed by atoms with van der Waals surface area (Å²) in [7, 11) is 0. The number of rotatable bonds is 3. The monoisotopic (exact) mass is 371 g/mol. The third-order valence-corrected chi connectivity index (χ3v) is 6.27. The SMILES string of the molecule is Cc1ccc(C(=O)N2CC3(CCN(C(=O)C4CC4)CC3)CC2C(=O)O)cn1. The molecule has 3 heterocycles. The maximum Gasteiger partial charge on any atom is 0.326 e. The average Bonchev–Trinajstić information content (AvgIpc) is 3.44. The number of nitrogens with zero attached hydrogens (tertiary/aromatic N) is 3. The standard InChI is InChI=1S/C20H25N3O4/c1-13-2-3-15(11-21-13)18(25)23-12-20(10-16(23)19(26)27)6-8-22(9-7-20)17(24)14-4-5-14/h2-3,11,14,16H,4-10,12H2,1H3,(H,26,27). The predicted molar refractivity (Wildman–Crippen MR) is 97.0 cm³/mol. The van der Waals surface area contributed by atoms with Gasteiger partial charge in [-0.05, 0) is 56.6 Å². The molecule has 7 heteroatoms. The number of amides is 2. The number of aliphatic carboxylic acids is 1. The van der Waals surface area contributed by atoms with Crippen LogP contribution in [0.3, 0.4) is 0 Å². The van der Waals surface area contributed by atoms with E-state index < -0.39 is 12.0 Å². The molecule has 1 aromatic rings. The van der Waals surface area contributed by atoms with Gasteiger partial charge in [0.2, 0.25) is 5.91 Å². The van der Waals surface area contributed by atoms with Crippen molar-refractivity contribution < 1.29 is 19.5 Å². The van der Waals surface area contributed by atoms with E-state index >= 15 is 0 Å². The summed E-state index contributed by atoms with van der Waals surface area (Å²) >= 11 is 0. The predicted octanol–water partition coefficient (Wildman–Crippen LogP) is 1.71. The zero-order chi connectivity index (χ0) is 19.2. The highest BCUT2D eigenvalue weighted by atomic mass is 16.4. The number of aryl methyl sites for hydroxylation is 1. The molecule has 2 saturated heterocycles. The zero-order valence-electron chi connectivity index (χ0n) is 15.6. The van der Waals surface area contributed by atoms with Crippen molar-refractivity contribution >= 4 is 17.8 Å². The molecule has 4 rings (SSSR count). The fourth-order valence-corrected chi connectivity index (χ4v) is 4.40. The minimum Gasteiger partial charge on any atom is -0.480 e. The van der Waals surface area contributed by atoms with E-state index in [1.807, 2.05) is 11.8 Å². The lowest BCUT2D eigenvalue weighted by Crippen LogP contribution is -2.45. The molecule has 1 unspecified atom stereocenters. The minimum atomic E-state index is -0.961. The summed E-state index contributed by atoms with van der Waals surface area (Å²) in [5.74, 6) is -0.780. The van der Waals surface area contributed by atoms with Gasteiger partial charge in [0.05, 0.1) is 5.56 Å². The molecule has 0 radical (unpaired) electrons. The molecule has 1 saturated carbocycles. The highest BCUT2D eigenvalue weighted by Gasteiger charge is 2.50. The Kier molecular flexibility index (Phi) is 4.40. The van der Waals surface area contributed by atoms with Gasteiger partial charge in [0.25, 0.3) is 5.91 Å². The lowest BCUT2D eigenvalue weighted by atomic mass is 9.76. The maximum absolute atomic E-state index is 12.9. The van der Waals surface area contributed by atoms with Gasteiger partial charge in [0, 0.05) is 37.4 Å². The summed E-state index contributed by atoms with van der Waals surface area (Å²) < 4.78 is 0. The summed E-state index contributed by atoms with van der Waals surface area (Å²) in [6, 6.07) is 2.65. The van der Waals surface area contributed by atoms with Crippen molar-refractivity contribution in [3.8, 4) is 0 Å². The average molecular weight is 371 g/mol. The Labute approximate surface area is 158 Å². The number of likely N-dealkylation sites (tertiary alicyclic amines) is 2. The second-order valence-electron chi connectivity index (χ2n) is 8.28. The number of carbonyl (C=O) groups is 3. The summed E-state index contributed by atoms with van der Waals surface area (Å²) in [6.07, 6.45) is 5.47. The normalized spacial score (nSPS) is 24.3. The number of carboxylic acids is 1. The van der Waals surface area contributed by atoms with Crippen LogP contribution in [0.4, 0.5) is 0 Å². The molecule has 0 bridgehead atoms. The van der Waals surface area contributed by atoms with Crippen molar-refractivity contribution in [1.82, 2.24) is 14.8 Å². The summed E-state index contributed by atoms with van der Waals surface area (Å²) in [6.45, 7) is 3.60. The van der Waals surface area contributed by atoms with Gasteiger partial charge < -0.3 is 14.9 Å². The highest BCUT2D eigenvalue weighted by Crippen LogP contribution is 2.44. The maximum atomic E-state index is 12.9. The molecule has 1 aliphatic carbocycles. The van der Waals surface area contributed by atoms with Crippen LogP contribution < -0.4 is 0 Å². The van der Waals surface area contributed by atoms with Gasteiger partial charge in [-0.3, -0.25) is 14.6 Å². The van der Waals surface area contributed by atoms with Crippen LogP contribution in [0.15, 0.2) is 18.3 Å². The van der Waals surface area contributed by atoms with Gasteiger partial charge in [-0.25, -0.2) is 4.79 Å². The van der Waals surface area contributed by atoms with Gasteiger partial charge in [-0.15, -0.1) is 0 Å². The van der Waals surface area contributed by atoms with E-state index in [0.29, 0.717) is 31.6 Å². The van der Waals surface area contributed by atoms with Gasteiger partial charge in [0.15, 0.2) is 0 Å². The smallest absolute Gasteiger partial charge is 0.326 e. The number of hydrogen-bond donors (Lipinski definition) is 1. The molecular weight excluding hydrogens is 346 g/mol. The van der Waals surface area contributed by atoms with Crippen molar-refractivity contribution in [3.63, 3.8) is 0 Å². The zero-order valence-corrected chi connectivity index (χ0v) is 15.6. The van der Waals surface area contributed by atoms with E-state index in [1.165, 1.54) is 11.1 Å². The van der Waals surface area contributed by atoms with Crippen LogP contribution in [0.2, 0.25) is 0 Å². The van der Waals surface area contributed by atoms with Crippen molar-refractivity contribution in [3.05, 3.63) is 29.6 Å². The number of carbonyl (C=O) groups excluding carboxylic acids is 2. The molecule has 1 spiro atoms. The second-order valence-corrected chi connectivity index (χ2v) is 8.28. The van der Waals surface area contributed by atoms with E-state index in [1.54, 1.807) is 12.1 Å². The summed E-state index contributed by atoms with van der Waals surface area (Å²) in [5, 5.41) is 9.68. The quantitative estimate of drug-likeness (QED) is 0.873. The largest absolute Gasteiger partial charge is 0.480 e. The molecule has 144 valence electrons. The van der Waals surface area contributed by atoms with Crippen LogP contribution in [0, 0.1) is 18.3 Å². The number of pyridine rings is 1. The third kappa shape index (κ3) is 3.42. The molecule has 0 aromatic carbocycles. The van der Waals surface area contributed by atoms with E-state index in [4.69, 9.17) is 0 Å². The third-order valence-electron chi connectivity index (χ3n) is 6.27. The van der Waals surface area contributed by atoms with E-state index in [-0.39, 0.29) is 23.1 Å². The number of piperidine rings is 1. The first-order valence-electron chi connectivity index (χ1n) is 9.64. The number of hydrogen-bond acceptors (Lipinski definition) is 4. The molecule has 1 atom stereocenters. The minimum absolute atomic E-state index is 0.210. The highest BCUT2D eigenvalue weighted by molar-refractivity contribution is 5.96. The van der Waals surface area contributed by atoms with E-state index in [0.717, 1.165) is 31.4 Å². The Hall–Kier alpha value is -2.44. The molecule has 1 aromatic heterocycles. The first-order chi connectivity index (χ1) is 12.9. The fraction of sp³-hybridized carbons (Fsp3) is 0.600. The molecular formula is C20H25N3O4. The Morgan fingerprint density at radius 3 is 2.44 bits per heavy atom. The Morgan fingerprint density at radius 2 is 1.89 bits per heavy atom. The molecule has 3 aliphatic rings. The Bertz CT molecular complexity index is 764. The molecule has 7 nitrogen and oxygen atoms in total. The lowest BCUT2D eigenvalue weighted by molar-refractivity contribution is -0.141. The molecule has 3 fully saturated rings. The van der Waals surface area contributed by atoms with Crippen LogP contribution in [-0.2, 0) is 9.59 Å². The number of aromatic nitrogens is 1. The molecule has 27 heavy (non-hydrogen) atoms. The van der Waals surface area contributed by atoms with Crippen LogP contribution >= 0.6 is 0 Å². The van der Waals surface area contributed by atoms with E-state index in [9.17, 15) is 19.5 Å². The van der Waals surface area contributed by atoms with Gasteiger partial charge in [-0.2, -0.15) is 0 Å². The Balaban J connectivity index is 1.48. The van der Waals surface area contributed by atoms with Crippen LogP contribution in [-0.4, -0.2) is 63.4 Å². The van der Waals surface area contributed by atoms with Crippen LogP contribution in [0.25, 0.3) is 0 Å². The lowest BCUT2D eigenvalue weighted by Gasteiger charge is -2.39. The van der Waals surface area contributed by atoms with Crippen molar-refractivity contribution in [2.24, 2.45) is 11.3 Å². The van der Waals surface area contributed by atoms with Gasteiger partial charge in [-0.1, -0.05) is 0 Å². The summed E-state index contributed by atoms with van der Waals surface area (Å²) in [5.41, 5.74) is 1.02. The summed E-state index contributed by atoms with van der Waals surface area (Å²) in [4.78, 5) is 44.6. The van der Waals surface area contributed by atoms with Gasteiger partial charge in [0.1, 0.15) is 6.04 Å². The molecule has 1 N–H and O–H groups in total. The van der Waals surface area contributed by atoms with Crippen molar-refractivity contribution in [1.29, 1.82) is 0 Å². The van der Waals surface area contributed by atoms with Crippen molar-refractivity contribution in [2.45, 2.75) is 45.1 Å². The topological polar surface area (TPSA) is 90.8 Å². The number of carboxylic acid groups (broad SMARTS) is 1. The molecule has 2 amide bonds. The van der Waals surface area contributed by atoms with Crippen LogP contribution in [0.1, 0.15) is 48.2 Å². The fourth-order valence-electron chi connectivity index (χ4n) is 4.40. The first kappa shape index (κ1) is 17.9. The Morgan fingerprint density at radius 1 is 1.19 bits per heavy atom.